The zero-order valence-electron chi connectivity index (χ0n) is 11.8. The van der Waals surface area contributed by atoms with E-state index in [2.05, 4.69) is 28.7 Å². The number of halogens is 1. The van der Waals surface area contributed by atoms with Crippen LogP contribution >= 0.6 is 34.4 Å². The van der Waals surface area contributed by atoms with E-state index in [4.69, 9.17) is 9.47 Å². The van der Waals surface area contributed by atoms with Crippen molar-refractivity contribution < 1.29 is 14.3 Å². The maximum absolute atomic E-state index is 11.6. The molecule has 2 rings (SSSR count). The highest BCUT2D eigenvalue weighted by molar-refractivity contribution is 14.1. The minimum Gasteiger partial charge on any atom is -0.496 e. The van der Waals surface area contributed by atoms with E-state index >= 15 is 0 Å². The van der Waals surface area contributed by atoms with Crippen LogP contribution in [0.1, 0.15) is 17.3 Å². The summed E-state index contributed by atoms with van der Waals surface area (Å²) >= 11 is 3.89. The molecule has 2 aromatic carbocycles. The predicted molar refractivity (Wildman–Crippen MR) is 92.2 cm³/mol. The van der Waals surface area contributed by atoms with Gasteiger partial charge in [0.05, 0.1) is 22.9 Å². The van der Waals surface area contributed by atoms with Crippen molar-refractivity contribution in [1.29, 1.82) is 0 Å². The first-order chi connectivity index (χ1) is 10.1. The molecule has 0 spiro atoms. The van der Waals surface area contributed by atoms with Crippen molar-refractivity contribution in [2.75, 3.05) is 13.7 Å². The molecular weight excluding hydrogens is 399 g/mol. The molecule has 0 unspecified atom stereocenters. The molecule has 0 radical (unpaired) electrons. The van der Waals surface area contributed by atoms with E-state index in [9.17, 15) is 4.79 Å². The molecule has 0 N–H and O–H groups in total. The summed E-state index contributed by atoms with van der Waals surface area (Å²) in [6.45, 7) is 2.19. The molecule has 0 fully saturated rings. The summed E-state index contributed by atoms with van der Waals surface area (Å²) in [7, 11) is 1.67. The third-order valence-corrected chi connectivity index (χ3v) is 4.56. The van der Waals surface area contributed by atoms with Gasteiger partial charge in [-0.05, 0) is 72.0 Å². The molecule has 0 saturated carbocycles. The molecule has 0 bridgehead atoms. The zero-order chi connectivity index (χ0) is 15.2. The minimum atomic E-state index is -0.284. The molecule has 0 heterocycles. The Morgan fingerprint density at radius 1 is 1.14 bits per heavy atom. The molecule has 0 aliphatic carbocycles. The molecule has 0 aromatic heterocycles. The largest absolute Gasteiger partial charge is 0.496 e. The Kier molecular flexibility index (Phi) is 5.93. The normalized spacial score (nSPS) is 10.2. The van der Waals surface area contributed by atoms with E-state index in [1.807, 2.05) is 24.3 Å². The van der Waals surface area contributed by atoms with Crippen molar-refractivity contribution in [3.8, 4) is 5.75 Å². The van der Waals surface area contributed by atoms with Crippen LogP contribution in [0.3, 0.4) is 0 Å². The fourth-order valence-corrected chi connectivity index (χ4v) is 3.52. The Labute approximate surface area is 142 Å². The van der Waals surface area contributed by atoms with Gasteiger partial charge in [-0.1, -0.05) is 11.8 Å². The Balaban J connectivity index is 2.10. The van der Waals surface area contributed by atoms with Crippen LogP contribution < -0.4 is 4.74 Å². The van der Waals surface area contributed by atoms with Gasteiger partial charge in [-0.2, -0.15) is 0 Å². The van der Waals surface area contributed by atoms with Gasteiger partial charge in [0.15, 0.2) is 0 Å². The fourth-order valence-electron chi connectivity index (χ4n) is 1.72. The van der Waals surface area contributed by atoms with Crippen LogP contribution in [-0.2, 0) is 4.74 Å². The molecule has 0 saturated heterocycles. The molecule has 0 aliphatic heterocycles. The van der Waals surface area contributed by atoms with Crippen molar-refractivity contribution in [2.45, 2.75) is 16.7 Å². The lowest BCUT2D eigenvalue weighted by atomic mass is 10.2. The van der Waals surface area contributed by atoms with E-state index in [-0.39, 0.29) is 5.97 Å². The van der Waals surface area contributed by atoms with Gasteiger partial charge in [-0.3, -0.25) is 0 Å². The first-order valence-electron chi connectivity index (χ1n) is 6.42. The van der Waals surface area contributed by atoms with Crippen LogP contribution in [0.4, 0.5) is 0 Å². The summed E-state index contributed by atoms with van der Waals surface area (Å²) in [4.78, 5) is 13.8. The van der Waals surface area contributed by atoms with E-state index in [1.165, 1.54) is 0 Å². The van der Waals surface area contributed by atoms with Crippen LogP contribution in [0.5, 0.6) is 5.75 Å². The second kappa shape index (κ2) is 7.70. The van der Waals surface area contributed by atoms with Gasteiger partial charge < -0.3 is 9.47 Å². The van der Waals surface area contributed by atoms with E-state index in [1.54, 1.807) is 37.9 Å². The minimum absolute atomic E-state index is 0.284. The maximum Gasteiger partial charge on any atom is 0.338 e. The lowest BCUT2D eigenvalue weighted by Crippen LogP contribution is -2.03. The maximum atomic E-state index is 11.6. The highest BCUT2D eigenvalue weighted by Gasteiger charge is 2.07. The number of esters is 1. The lowest BCUT2D eigenvalue weighted by molar-refractivity contribution is 0.0526. The average Bonchev–Trinajstić information content (AvgIpc) is 2.48. The Bertz CT molecular complexity index is 626. The van der Waals surface area contributed by atoms with E-state index in [0.717, 1.165) is 19.1 Å². The molecule has 0 aliphatic rings. The predicted octanol–water partition coefficient (Wildman–Crippen LogP) is 4.63. The third-order valence-electron chi connectivity index (χ3n) is 2.72. The molecule has 0 amide bonds. The fraction of sp³-hybridized carbons (Fsp3) is 0.188. The quantitative estimate of drug-likeness (QED) is 0.528. The summed E-state index contributed by atoms with van der Waals surface area (Å²) in [6, 6.07) is 13.5. The Morgan fingerprint density at radius 3 is 2.38 bits per heavy atom. The van der Waals surface area contributed by atoms with E-state index < -0.39 is 0 Å². The first-order valence-corrected chi connectivity index (χ1v) is 8.32. The summed E-state index contributed by atoms with van der Waals surface area (Å²) < 4.78 is 11.3. The van der Waals surface area contributed by atoms with Crippen molar-refractivity contribution >= 4 is 40.3 Å². The number of carbonyl (C=O) groups excluding carboxylic acids is 1. The number of methoxy groups -OCH3 is 1. The summed E-state index contributed by atoms with van der Waals surface area (Å²) in [6.07, 6.45) is 0. The first kappa shape index (κ1) is 16.2. The molecule has 5 heteroatoms. The molecule has 0 atom stereocenters. The van der Waals surface area contributed by atoms with Crippen LogP contribution in [0.2, 0.25) is 0 Å². The van der Waals surface area contributed by atoms with Gasteiger partial charge in [0.25, 0.3) is 0 Å². The number of rotatable bonds is 5. The summed E-state index contributed by atoms with van der Waals surface area (Å²) in [5.74, 6) is 0.589. The number of hydrogen-bond acceptors (Lipinski definition) is 4. The van der Waals surface area contributed by atoms with Gasteiger partial charge in [0.2, 0.25) is 0 Å². The Hall–Kier alpha value is -1.21. The highest BCUT2D eigenvalue weighted by atomic mass is 127. The van der Waals surface area contributed by atoms with Gasteiger partial charge in [0, 0.05) is 9.79 Å². The topological polar surface area (TPSA) is 35.5 Å². The lowest BCUT2D eigenvalue weighted by Gasteiger charge is -2.07. The monoisotopic (exact) mass is 414 g/mol. The number of ether oxygens (including phenoxy) is 2. The van der Waals surface area contributed by atoms with Crippen molar-refractivity contribution in [2.24, 2.45) is 0 Å². The summed E-state index contributed by atoms with van der Waals surface area (Å²) in [5.41, 5.74) is 0.575. The third kappa shape index (κ3) is 4.38. The van der Waals surface area contributed by atoms with Gasteiger partial charge in [-0.15, -0.1) is 0 Å². The summed E-state index contributed by atoms with van der Waals surface area (Å²) in [5, 5.41) is 0. The second-order valence-corrected chi connectivity index (χ2v) is 6.45. The van der Waals surface area contributed by atoms with Crippen molar-refractivity contribution in [3.63, 3.8) is 0 Å². The smallest absolute Gasteiger partial charge is 0.338 e. The van der Waals surface area contributed by atoms with Crippen LogP contribution in [-0.4, -0.2) is 19.7 Å². The highest BCUT2D eigenvalue weighted by Crippen LogP contribution is 2.32. The number of hydrogen-bond donors (Lipinski definition) is 0. The van der Waals surface area contributed by atoms with Crippen LogP contribution in [0.25, 0.3) is 0 Å². The molecule has 110 valence electrons. The van der Waals surface area contributed by atoms with Gasteiger partial charge in [-0.25, -0.2) is 4.79 Å². The average molecular weight is 414 g/mol. The van der Waals surface area contributed by atoms with Gasteiger partial charge >= 0.3 is 5.97 Å². The van der Waals surface area contributed by atoms with Crippen molar-refractivity contribution in [3.05, 3.63) is 51.6 Å². The number of carbonyl (C=O) groups is 1. The van der Waals surface area contributed by atoms with Gasteiger partial charge in [0.1, 0.15) is 5.75 Å². The van der Waals surface area contributed by atoms with Crippen molar-refractivity contribution in [1.82, 2.24) is 0 Å². The molecule has 21 heavy (non-hydrogen) atoms. The van der Waals surface area contributed by atoms with Crippen LogP contribution in [0, 0.1) is 3.57 Å². The standard InChI is InChI=1S/C16H15IO3S/c1-3-20-16(18)11-4-6-12(7-5-11)21-13-8-9-15(19-2)14(17)10-13/h4-10H,3H2,1-2H3. The SMILES string of the molecule is CCOC(=O)c1ccc(Sc2ccc(OC)c(I)c2)cc1. The van der Waals surface area contributed by atoms with E-state index in [0.29, 0.717) is 12.2 Å². The Morgan fingerprint density at radius 2 is 1.81 bits per heavy atom. The van der Waals surface area contributed by atoms with Crippen LogP contribution in [0.15, 0.2) is 52.3 Å². The molecular formula is C16H15IO3S. The number of benzene rings is 2. The molecule has 3 nitrogen and oxygen atoms in total. The zero-order valence-corrected chi connectivity index (χ0v) is 14.7. The molecule has 2 aromatic rings. The second-order valence-electron chi connectivity index (χ2n) is 4.14.